The lowest BCUT2D eigenvalue weighted by Gasteiger charge is -2.15. The van der Waals surface area contributed by atoms with E-state index in [0.717, 1.165) is 118 Å². The van der Waals surface area contributed by atoms with Crippen LogP contribution < -0.4 is 46.6 Å². The Bertz CT molecular complexity index is 3260. The zero-order valence-electron chi connectivity index (χ0n) is 34.8. The number of aryl methyl sites for hydroxylation is 2. The first-order valence-electron chi connectivity index (χ1n) is 20.3. The summed E-state index contributed by atoms with van der Waals surface area (Å²) < 4.78 is 23.4. The second kappa shape index (κ2) is 15.8. The average Bonchev–Trinajstić information content (AvgIpc) is 4.16. The van der Waals surface area contributed by atoms with Crippen LogP contribution in [0.25, 0.3) is 22.4 Å². The predicted octanol–water partition coefficient (Wildman–Crippen LogP) is 7.35. The van der Waals surface area contributed by atoms with Gasteiger partial charge in [0.1, 0.15) is 28.1 Å². The van der Waals surface area contributed by atoms with Crippen molar-refractivity contribution >= 4 is 50.9 Å². The zero-order chi connectivity index (χ0) is 42.3. The number of fused-ring (bicyclic) bond motifs is 7. The monoisotopic (exact) mass is 814 g/mol. The van der Waals surface area contributed by atoms with Gasteiger partial charge in [-0.15, -0.1) is 0 Å². The number of aliphatic imine (C=N–C) groups is 3. The smallest absolute Gasteiger partial charge is 0.137 e. The fourth-order valence-corrected chi connectivity index (χ4v) is 8.23. The number of ether oxygens (including phenoxy) is 3. The number of benzene rings is 4. The molecular formula is C52H42N6O4. The van der Waals surface area contributed by atoms with E-state index in [1.54, 1.807) is 21.3 Å². The lowest BCUT2D eigenvalue weighted by molar-refractivity contribution is 0.408. The number of hydrogen-bond acceptors (Lipinski definition) is 9. The minimum atomic E-state index is 0.664. The third kappa shape index (κ3) is 7.07. The number of aromatic amines is 1. The Morgan fingerprint density at radius 1 is 0.452 bits per heavy atom. The van der Waals surface area contributed by atoms with Gasteiger partial charge in [0, 0.05) is 10.9 Å². The third-order valence-corrected chi connectivity index (χ3v) is 11.2. The SMILES string of the molecule is COc1ccc(C2=c3ccc(o3)=C(c3ccc(OC)cc3)C3=NC(=c4ccc([nH]4)=C(c4ccc(NNc5cc(C)c(OC)c(C)c5)cc4)C4=NC(=C5C=CC2=N5)C=C4)C=C3)cc1. The van der Waals surface area contributed by atoms with E-state index >= 15 is 0 Å². The number of furan rings is 1. The molecule has 10 heteroatoms. The summed E-state index contributed by atoms with van der Waals surface area (Å²) in [4.78, 5) is 19.3. The Labute approximate surface area is 358 Å². The highest BCUT2D eigenvalue weighted by molar-refractivity contribution is 6.32. The average molecular weight is 815 g/mol. The Balaban J connectivity index is 1.14. The first kappa shape index (κ1) is 38.1. The number of nitrogens with zero attached hydrogens (tertiary/aromatic N) is 3. The molecule has 0 amide bonds. The fourth-order valence-electron chi connectivity index (χ4n) is 8.23. The Hall–Kier alpha value is -8.11. The van der Waals surface area contributed by atoms with Crippen molar-refractivity contribution in [2.75, 3.05) is 32.2 Å². The molecule has 2 aromatic heterocycles. The van der Waals surface area contributed by atoms with Crippen molar-refractivity contribution < 1.29 is 18.6 Å². The van der Waals surface area contributed by atoms with Crippen LogP contribution in [0.3, 0.4) is 0 Å². The van der Waals surface area contributed by atoms with Gasteiger partial charge in [-0.25, -0.2) is 15.0 Å². The molecule has 62 heavy (non-hydrogen) atoms. The van der Waals surface area contributed by atoms with Gasteiger partial charge in [0.05, 0.1) is 83.4 Å². The number of allylic oxidation sites excluding steroid dienone is 5. The van der Waals surface area contributed by atoms with E-state index in [1.807, 2.05) is 105 Å². The summed E-state index contributed by atoms with van der Waals surface area (Å²) in [7, 11) is 5.03. The van der Waals surface area contributed by atoms with Crippen LogP contribution >= 0.6 is 0 Å². The van der Waals surface area contributed by atoms with Crippen LogP contribution in [-0.4, -0.2) is 43.4 Å². The normalized spacial score (nSPS) is 15.1. The summed E-state index contributed by atoms with van der Waals surface area (Å²) in [5, 5.41) is 1.77. The first-order valence-corrected chi connectivity index (χ1v) is 20.3. The molecule has 4 aliphatic rings. The van der Waals surface area contributed by atoms with E-state index in [4.69, 9.17) is 33.6 Å². The van der Waals surface area contributed by atoms with Crippen LogP contribution in [0.4, 0.5) is 11.4 Å². The van der Waals surface area contributed by atoms with Gasteiger partial charge in [0.15, 0.2) is 0 Å². The molecule has 0 saturated heterocycles. The molecule has 304 valence electrons. The first-order chi connectivity index (χ1) is 30.3. The number of nitrogens with one attached hydrogen (secondary N) is 3. The summed E-state index contributed by atoms with van der Waals surface area (Å²) in [5.74, 6) is 2.41. The maximum Gasteiger partial charge on any atom is 0.137 e. The molecule has 4 aliphatic heterocycles. The highest BCUT2D eigenvalue weighted by Crippen LogP contribution is 2.30. The Morgan fingerprint density at radius 3 is 1.44 bits per heavy atom. The second-order valence-electron chi connectivity index (χ2n) is 15.1. The zero-order valence-corrected chi connectivity index (χ0v) is 34.8. The van der Waals surface area contributed by atoms with E-state index in [9.17, 15) is 0 Å². The minimum Gasteiger partial charge on any atom is -0.497 e. The van der Waals surface area contributed by atoms with Crippen molar-refractivity contribution in [2.45, 2.75) is 13.8 Å². The summed E-state index contributed by atoms with van der Waals surface area (Å²) >= 11 is 0. The molecule has 10 bridgehead atoms. The topological polar surface area (TPSA) is 118 Å². The van der Waals surface area contributed by atoms with Crippen LogP contribution in [0.2, 0.25) is 0 Å². The maximum atomic E-state index is 6.84. The molecule has 4 aromatic carbocycles. The number of aromatic nitrogens is 1. The summed E-state index contributed by atoms with van der Waals surface area (Å²) in [5.41, 5.74) is 22.1. The molecule has 6 heterocycles. The van der Waals surface area contributed by atoms with Gasteiger partial charge in [-0.1, -0.05) is 36.4 Å². The van der Waals surface area contributed by atoms with Gasteiger partial charge in [0.2, 0.25) is 0 Å². The standard InChI is InChI=1S/C52H42N6O4/c1-30-28-36(29-31(2)52(30)61-5)58-57-35-12-6-32(7-13-35)49-43-22-18-39(53-43)41-20-24-45(55-41)50(33-8-14-37(59-3)15-9-33)47-26-27-48(62-47)51(34-10-16-38(60-4)17-11-34)46-25-21-42(56-46)40-19-23-44(49)54-40/h6-29,53,57-58H,1-5H3. The molecule has 3 N–H and O–H groups in total. The van der Waals surface area contributed by atoms with Crippen LogP contribution in [0, 0.1) is 13.8 Å². The van der Waals surface area contributed by atoms with Crippen molar-refractivity contribution in [3.63, 3.8) is 0 Å². The van der Waals surface area contributed by atoms with Crippen molar-refractivity contribution in [1.82, 2.24) is 4.98 Å². The summed E-state index contributed by atoms with van der Waals surface area (Å²) in [6, 6.07) is 36.5. The summed E-state index contributed by atoms with van der Waals surface area (Å²) in [6.07, 6.45) is 12.2. The maximum absolute atomic E-state index is 6.84. The van der Waals surface area contributed by atoms with E-state index in [-0.39, 0.29) is 0 Å². The highest BCUT2D eigenvalue weighted by Gasteiger charge is 2.22. The molecule has 0 unspecified atom stereocenters. The van der Waals surface area contributed by atoms with E-state index in [1.165, 1.54) is 0 Å². The molecule has 0 atom stereocenters. The van der Waals surface area contributed by atoms with Crippen molar-refractivity contribution in [3.8, 4) is 17.2 Å². The highest BCUT2D eigenvalue weighted by atomic mass is 16.5. The quantitative estimate of drug-likeness (QED) is 0.132. The molecule has 0 saturated carbocycles. The van der Waals surface area contributed by atoms with Crippen LogP contribution in [0.15, 0.2) is 176 Å². The molecule has 10 rings (SSSR count). The molecule has 6 aromatic rings. The lowest BCUT2D eigenvalue weighted by Crippen LogP contribution is -2.18. The fraction of sp³-hybridized carbons (Fsp3) is 0.0962. The molecule has 0 radical (unpaired) electrons. The number of hydrazine groups is 1. The van der Waals surface area contributed by atoms with Crippen molar-refractivity contribution in [2.24, 2.45) is 15.0 Å². The van der Waals surface area contributed by atoms with E-state index in [2.05, 4.69) is 70.4 Å². The number of H-pyrrole nitrogens is 1. The van der Waals surface area contributed by atoms with Gasteiger partial charge in [-0.3, -0.25) is 0 Å². The van der Waals surface area contributed by atoms with Crippen molar-refractivity contribution in [1.29, 1.82) is 0 Å². The summed E-state index contributed by atoms with van der Waals surface area (Å²) in [6.45, 7) is 4.08. The van der Waals surface area contributed by atoms with Gasteiger partial charge in [0.25, 0.3) is 0 Å². The van der Waals surface area contributed by atoms with Gasteiger partial charge >= 0.3 is 0 Å². The van der Waals surface area contributed by atoms with Gasteiger partial charge in [-0.2, -0.15) is 0 Å². The largest absolute Gasteiger partial charge is 0.497 e. The number of methoxy groups -OCH3 is 3. The predicted molar refractivity (Wildman–Crippen MR) is 248 cm³/mol. The van der Waals surface area contributed by atoms with Gasteiger partial charge < -0.3 is 34.5 Å². The Kier molecular flexibility index (Phi) is 9.72. The molecule has 0 aliphatic carbocycles. The number of hydrogen-bond donors (Lipinski definition) is 3. The second-order valence-corrected chi connectivity index (χ2v) is 15.1. The van der Waals surface area contributed by atoms with E-state index < -0.39 is 0 Å². The molecule has 0 spiro atoms. The minimum absolute atomic E-state index is 0.664. The Morgan fingerprint density at radius 2 is 0.903 bits per heavy atom. The van der Waals surface area contributed by atoms with Crippen LogP contribution in [-0.2, 0) is 0 Å². The lowest BCUT2D eigenvalue weighted by atomic mass is 10.0. The van der Waals surface area contributed by atoms with E-state index in [0.29, 0.717) is 10.8 Å². The molecular weight excluding hydrogens is 773 g/mol. The van der Waals surface area contributed by atoms with Gasteiger partial charge in [-0.05, 0) is 151 Å². The molecule has 10 nitrogen and oxygen atoms in total. The van der Waals surface area contributed by atoms with Crippen molar-refractivity contribution in [3.05, 3.63) is 206 Å². The molecule has 0 fully saturated rings. The number of rotatable bonds is 9. The third-order valence-electron chi connectivity index (χ3n) is 11.2. The van der Waals surface area contributed by atoms with Crippen LogP contribution in [0.5, 0.6) is 17.2 Å². The van der Waals surface area contributed by atoms with Crippen LogP contribution in [0.1, 0.15) is 27.8 Å². The number of anilines is 2.